The van der Waals surface area contributed by atoms with Crippen LogP contribution in [0.1, 0.15) is 11.6 Å². The fraction of sp³-hybridized carbons (Fsp3) is 0.600. The summed E-state index contributed by atoms with van der Waals surface area (Å²) in [6.45, 7) is 1.38. The van der Waals surface area contributed by atoms with E-state index < -0.39 is 6.09 Å². The largest absolute Gasteiger partial charge is 0.465 e. The monoisotopic (exact) mass is 207 g/mol. The predicted molar refractivity (Wildman–Crippen MR) is 52.5 cm³/mol. The van der Waals surface area contributed by atoms with Crippen molar-refractivity contribution in [3.05, 3.63) is 18.0 Å². The molecule has 3 atom stereocenters. The molecule has 0 aromatic carbocycles. The van der Waals surface area contributed by atoms with E-state index in [1.165, 1.54) is 10.6 Å². The highest BCUT2D eigenvalue weighted by atomic mass is 16.4. The summed E-state index contributed by atoms with van der Waals surface area (Å²) in [4.78, 5) is 12.3. The van der Waals surface area contributed by atoms with Crippen LogP contribution < -0.4 is 0 Å². The van der Waals surface area contributed by atoms with Crippen molar-refractivity contribution in [2.45, 2.75) is 5.92 Å². The molecule has 1 saturated heterocycles. The second-order valence-corrected chi connectivity index (χ2v) is 4.42. The van der Waals surface area contributed by atoms with E-state index in [9.17, 15) is 4.79 Å². The Morgan fingerprint density at radius 3 is 2.67 bits per heavy atom. The van der Waals surface area contributed by atoms with E-state index >= 15 is 0 Å². The van der Waals surface area contributed by atoms with Gasteiger partial charge in [-0.2, -0.15) is 5.10 Å². The number of aryl methyl sites for hydroxylation is 1. The first-order chi connectivity index (χ1) is 7.18. The van der Waals surface area contributed by atoms with Gasteiger partial charge < -0.3 is 10.0 Å². The third kappa shape index (κ3) is 1.15. The van der Waals surface area contributed by atoms with Crippen LogP contribution in [0, 0.1) is 11.8 Å². The zero-order valence-electron chi connectivity index (χ0n) is 8.50. The van der Waals surface area contributed by atoms with Crippen LogP contribution in [0.2, 0.25) is 0 Å². The molecule has 1 aromatic heterocycles. The first kappa shape index (κ1) is 8.76. The number of carbonyl (C=O) groups is 1. The highest BCUT2D eigenvalue weighted by molar-refractivity contribution is 5.66. The van der Waals surface area contributed by atoms with Gasteiger partial charge in [-0.3, -0.25) is 4.68 Å². The van der Waals surface area contributed by atoms with E-state index in [2.05, 4.69) is 5.10 Å². The Labute approximate surface area is 87.3 Å². The van der Waals surface area contributed by atoms with E-state index in [0.29, 0.717) is 30.8 Å². The lowest BCUT2D eigenvalue weighted by atomic mass is 10.2. The van der Waals surface area contributed by atoms with Crippen LogP contribution in [0.3, 0.4) is 0 Å². The number of amides is 1. The molecule has 0 unspecified atom stereocenters. The molecule has 1 aliphatic heterocycles. The standard InChI is InChI=1S/C10H13N3O2/c1-12-8(2-3-11-12)9-6-4-13(10(14)15)5-7(6)9/h2-3,6-7,9H,4-5H2,1H3,(H,14,15)/t6-,7+,9+. The van der Waals surface area contributed by atoms with Crippen LogP contribution in [0.5, 0.6) is 0 Å². The van der Waals surface area contributed by atoms with Crippen molar-refractivity contribution in [1.29, 1.82) is 0 Å². The summed E-state index contributed by atoms with van der Waals surface area (Å²) >= 11 is 0. The SMILES string of the molecule is Cn1nccc1[C@H]1[C@@H]2CN(C(=O)O)C[C@@H]21. The molecular formula is C10H13N3O2. The molecule has 1 saturated carbocycles. The first-order valence-corrected chi connectivity index (χ1v) is 5.14. The molecule has 15 heavy (non-hydrogen) atoms. The molecule has 2 heterocycles. The van der Waals surface area contributed by atoms with Crippen molar-refractivity contribution >= 4 is 6.09 Å². The molecule has 5 heteroatoms. The van der Waals surface area contributed by atoms with Crippen LogP contribution in [0.15, 0.2) is 12.3 Å². The minimum atomic E-state index is -0.786. The summed E-state index contributed by atoms with van der Waals surface area (Å²) in [6.07, 6.45) is 1.02. The van der Waals surface area contributed by atoms with Gasteiger partial charge in [0.1, 0.15) is 0 Å². The zero-order valence-corrected chi connectivity index (χ0v) is 8.50. The molecule has 1 aromatic rings. The maximum absolute atomic E-state index is 10.7. The van der Waals surface area contributed by atoms with Gasteiger partial charge >= 0.3 is 6.09 Å². The van der Waals surface area contributed by atoms with Crippen molar-refractivity contribution in [3.63, 3.8) is 0 Å². The third-order valence-corrected chi connectivity index (χ3v) is 3.66. The van der Waals surface area contributed by atoms with Crippen LogP contribution in [0.25, 0.3) is 0 Å². The summed E-state index contributed by atoms with van der Waals surface area (Å²) in [5, 5.41) is 13.0. The molecule has 80 valence electrons. The number of hydrogen-bond acceptors (Lipinski definition) is 2. The molecule has 0 spiro atoms. The average molecular weight is 207 g/mol. The summed E-state index contributed by atoms with van der Waals surface area (Å²) in [7, 11) is 1.94. The van der Waals surface area contributed by atoms with Gasteiger partial charge in [0.2, 0.25) is 0 Å². The number of carboxylic acid groups (broad SMARTS) is 1. The fourth-order valence-corrected chi connectivity index (χ4v) is 2.83. The molecule has 1 amide bonds. The van der Waals surface area contributed by atoms with Gasteiger partial charge in [0.15, 0.2) is 0 Å². The number of aromatic nitrogens is 2. The normalized spacial score (nSPS) is 32.9. The highest BCUT2D eigenvalue weighted by Gasteiger charge is 2.58. The topological polar surface area (TPSA) is 58.4 Å². The molecule has 2 fully saturated rings. The fourth-order valence-electron chi connectivity index (χ4n) is 2.83. The molecule has 5 nitrogen and oxygen atoms in total. The smallest absolute Gasteiger partial charge is 0.407 e. The van der Waals surface area contributed by atoms with E-state index in [4.69, 9.17) is 5.11 Å². The van der Waals surface area contributed by atoms with Gasteiger partial charge in [-0.25, -0.2) is 4.79 Å². The number of likely N-dealkylation sites (tertiary alicyclic amines) is 1. The lowest BCUT2D eigenvalue weighted by Gasteiger charge is -2.15. The Hall–Kier alpha value is -1.52. The summed E-state index contributed by atoms with van der Waals surface area (Å²) < 4.78 is 1.90. The maximum atomic E-state index is 10.7. The molecule has 1 N–H and O–H groups in total. The minimum Gasteiger partial charge on any atom is -0.465 e. The third-order valence-electron chi connectivity index (χ3n) is 3.66. The Morgan fingerprint density at radius 1 is 1.53 bits per heavy atom. The number of piperidine rings is 1. The van der Waals surface area contributed by atoms with Crippen molar-refractivity contribution in [1.82, 2.24) is 14.7 Å². The number of fused-ring (bicyclic) bond motifs is 1. The minimum absolute atomic E-state index is 0.525. The second-order valence-electron chi connectivity index (χ2n) is 4.42. The number of rotatable bonds is 1. The Morgan fingerprint density at radius 2 is 2.20 bits per heavy atom. The molecular weight excluding hydrogens is 194 g/mol. The van der Waals surface area contributed by atoms with Gasteiger partial charge in [0.05, 0.1) is 0 Å². The predicted octanol–water partition coefficient (Wildman–Crippen LogP) is 0.743. The Balaban J connectivity index is 1.73. The van der Waals surface area contributed by atoms with Gasteiger partial charge in [0.25, 0.3) is 0 Å². The zero-order chi connectivity index (χ0) is 10.6. The maximum Gasteiger partial charge on any atom is 0.407 e. The van der Waals surface area contributed by atoms with Crippen LogP contribution in [-0.4, -0.2) is 39.0 Å². The van der Waals surface area contributed by atoms with E-state index in [0.717, 1.165) is 0 Å². The quantitative estimate of drug-likeness (QED) is 0.739. The summed E-state index contributed by atoms with van der Waals surface area (Å²) in [5.41, 5.74) is 1.25. The molecule has 3 rings (SSSR count). The van der Waals surface area contributed by atoms with Crippen LogP contribution in [0.4, 0.5) is 4.79 Å². The number of hydrogen-bond donors (Lipinski definition) is 1. The Kier molecular flexibility index (Phi) is 1.60. The van der Waals surface area contributed by atoms with Crippen LogP contribution in [-0.2, 0) is 7.05 Å². The van der Waals surface area contributed by atoms with Gasteiger partial charge in [-0.15, -0.1) is 0 Å². The van der Waals surface area contributed by atoms with Crippen molar-refractivity contribution in [3.8, 4) is 0 Å². The first-order valence-electron chi connectivity index (χ1n) is 5.14. The molecule has 1 aliphatic carbocycles. The van der Waals surface area contributed by atoms with E-state index in [1.807, 2.05) is 17.8 Å². The van der Waals surface area contributed by atoms with Crippen molar-refractivity contribution in [2.24, 2.45) is 18.9 Å². The van der Waals surface area contributed by atoms with Gasteiger partial charge in [-0.1, -0.05) is 0 Å². The average Bonchev–Trinajstić information content (AvgIpc) is 2.63. The summed E-state index contributed by atoms with van der Waals surface area (Å²) in [5.74, 6) is 1.58. The van der Waals surface area contributed by atoms with Crippen molar-refractivity contribution in [2.75, 3.05) is 13.1 Å². The Bertz CT molecular complexity index is 403. The van der Waals surface area contributed by atoms with E-state index in [-0.39, 0.29) is 0 Å². The molecule has 0 bridgehead atoms. The lowest BCUT2D eigenvalue weighted by molar-refractivity contribution is 0.150. The molecule has 0 radical (unpaired) electrons. The highest BCUT2D eigenvalue weighted by Crippen LogP contribution is 2.57. The van der Waals surface area contributed by atoms with Crippen molar-refractivity contribution < 1.29 is 9.90 Å². The lowest BCUT2D eigenvalue weighted by Crippen LogP contribution is -2.29. The number of nitrogens with zero attached hydrogens (tertiary/aromatic N) is 3. The second kappa shape index (κ2) is 2.74. The van der Waals surface area contributed by atoms with E-state index in [1.54, 1.807) is 6.20 Å². The van der Waals surface area contributed by atoms with Crippen LogP contribution >= 0.6 is 0 Å². The van der Waals surface area contributed by atoms with Gasteiger partial charge in [0, 0.05) is 37.9 Å². The molecule has 2 aliphatic rings. The van der Waals surface area contributed by atoms with Gasteiger partial charge in [-0.05, 0) is 17.9 Å². The summed E-state index contributed by atoms with van der Waals surface area (Å²) in [6, 6.07) is 2.04.